The Morgan fingerprint density at radius 3 is 2.54 bits per heavy atom. The molecule has 0 aliphatic rings. The molecule has 1 aromatic heterocycles. The van der Waals surface area contributed by atoms with Crippen LogP contribution in [0.5, 0.6) is 0 Å². The maximum Gasteiger partial charge on any atom is 0.278 e. The van der Waals surface area contributed by atoms with Crippen LogP contribution in [0.1, 0.15) is 17.6 Å². The maximum absolute atomic E-state index is 12.5. The molecule has 0 atom stereocenters. The highest BCUT2D eigenvalue weighted by atomic mass is 19.3. The average Bonchev–Trinajstić information content (AvgIpc) is 2.59. The van der Waals surface area contributed by atoms with Crippen molar-refractivity contribution in [3.8, 4) is 0 Å². The van der Waals surface area contributed by atoms with Gasteiger partial charge in [-0.25, -0.2) is 8.78 Å². The molecule has 5 nitrogen and oxygen atoms in total. The molecule has 122 valence electrons. The number of halogens is 2. The zero-order chi connectivity index (χ0) is 17.1. The highest BCUT2D eigenvalue weighted by Gasteiger charge is 2.14. The molecule has 1 N–H and O–H groups in total. The largest absolute Gasteiger partial charge is 0.379 e. The molecule has 1 heterocycles. The van der Waals surface area contributed by atoms with Crippen LogP contribution in [0.3, 0.4) is 0 Å². The minimum absolute atomic E-state index is 0.00932. The van der Waals surface area contributed by atoms with Crippen LogP contribution in [-0.2, 0) is 6.54 Å². The molecule has 0 amide bonds. The Kier molecular flexibility index (Phi) is 4.33. The number of hydrogen-bond donors (Lipinski definition) is 1. The van der Waals surface area contributed by atoms with Crippen molar-refractivity contribution < 1.29 is 13.7 Å². The van der Waals surface area contributed by atoms with Crippen molar-refractivity contribution in [2.75, 3.05) is 5.32 Å². The minimum Gasteiger partial charge on any atom is -0.379 e. The van der Waals surface area contributed by atoms with Crippen molar-refractivity contribution in [3.63, 3.8) is 0 Å². The first kappa shape index (κ1) is 15.8. The Balaban J connectivity index is 1.85. The van der Waals surface area contributed by atoms with Crippen LogP contribution >= 0.6 is 0 Å². The van der Waals surface area contributed by atoms with Crippen LogP contribution in [0.15, 0.2) is 54.7 Å². The van der Waals surface area contributed by atoms with E-state index >= 15 is 0 Å². The van der Waals surface area contributed by atoms with Gasteiger partial charge >= 0.3 is 0 Å². The van der Waals surface area contributed by atoms with E-state index < -0.39 is 11.3 Å². The lowest BCUT2D eigenvalue weighted by atomic mass is 10.1. The van der Waals surface area contributed by atoms with Gasteiger partial charge in [-0.1, -0.05) is 24.3 Å². The third-order valence-electron chi connectivity index (χ3n) is 3.66. The Morgan fingerprint density at radius 1 is 1.12 bits per heavy atom. The maximum atomic E-state index is 12.5. The quantitative estimate of drug-likeness (QED) is 0.544. The fourth-order valence-corrected chi connectivity index (χ4v) is 2.44. The summed E-state index contributed by atoms with van der Waals surface area (Å²) in [5.74, 6) is 0. The lowest BCUT2D eigenvalue weighted by Gasteiger charge is -2.10. The molecule has 0 unspecified atom stereocenters. The standard InChI is InChI=1S/C17H13F2N3O2/c18-17(19)12-5-3-11(4-6-12)10-21-14-7-8-15(22(23)24)13-2-1-9-20-16(13)14/h1-9,17,21H,10H2. The number of nitro benzene ring substituents is 1. The Labute approximate surface area is 136 Å². The molecule has 0 saturated heterocycles. The summed E-state index contributed by atoms with van der Waals surface area (Å²) in [6.45, 7) is 0.396. The van der Waals surface area contributed by atoms with Gasteiger partial charge in [0.15, 0.2) is 0 Å². The molecule has 0 aliphatic carbocycles. The van der Waals surface area contributed by atoms with Gasteiger partial charge in [0.05, 0.1) is 16.0 Å². The Morgan fingerprint density at radius 2 is 1.88 bits per heavy atom. The predicted octanol–water partition coefficient (Wildman–Crippen LogP) is 4.69. The first-order chi connectivity index (χ1) is 11.6. The average molecular weight is 329 g/mol. The van der Waals surface area contributed by atoms with E-state index in [2.05, 4.69) is 10.3 Å². The fourth-order valence-electron chi connectivity index (χ4n) is 2.44. The summed E-state index contributed by atoms with van der Waals surface area (Å²) < 4.78 is 25.1. The number of non-ortho nitro benzene ring substituents is 1. The topological polar surface area (TPSA) is 68.1 Å². The molecular formula is C17H13F2N3O2. The predicted molar refractivity (Wildman–Crippen MR) is 87.1 cm³/mol. The second-order valence-corrected chi connectivity index (χ2v) is 5.18. The first-order valence-corrected chi connectivity index (χ1v) is 7.19. The molecule has 7 heteroatoms. The van der Waals surface area contributed by atoms with Gasteiger partial charge < -0.3 is 5.32 Å². The van der Waals surface area contributed by atoms with Gasteiger partial charge in [0.2, 0.25) is 0 Å². The Hall–Kier alpha value is -3.09. The van der Waals surface area contributed by atoms with Crippen LogP contribution in [0.4, 0.5) is 20.2 Å². The zero-order valence-electron chi connectivity index (χ0n) is 12.4. The molecule has 0 fully saturated rings. The normalized spacial score (nSPS) is 11.0. The van der Waals surface area contributed by atoms with Crippen LogP contribution in [0.25, 0.3) is 10.9 Å². The van der Waals surface area contributed by atoms with Crippen LogP contribution in [0.2, 0.25) is 0 Å². The molecule has 0 spiro atoms. The molecule has 0 bridgehead atoms. The van der Waals surface area contributed by atoms with Crippen molar-refractivity contribution in [2.24, 2.45) is 0 Å². The van der Waals surface area contributed by atoms with Gasteiger partial charge in [-0.15, -0.1) is 0 Å². The number of alkyl halides is 2. The van der Waals surface area contributed by atoms with Crippen LogP contribution in [0, 0.1) is 10.1 Å². The second-order valence-electron chi connectivity index (χ2n) is 5.18. The molecule has 0 radical (unpaired) electrons. The van der Waals surface area contributed by atoms with Gasteiger partial charge in [-0.3, -0.25) is 15.1 Å². The highest BCUT2D eigenvalue weighted by molar-refractivity contribution is 5.96. The lowest BCUT2D eigenvalue weighted by molar-refractivity contribution is -0.383. The third kappa shape index (κ3) is 3.15. The zero-order valence-corrected chi connectivity index (χ0v) is 12.4. The lowest BCUT2D eigenvalue weighted by Crippen LogP contribution is -2.02. The SMILES string of the molecule is O=[N+]([O-])c1ccc(NCc2ccc(C(F)F)cc2)c2ncccc12. The first-order valence-electron chi connectivity index (χ1n) is 7.19. The van der Waals surface area contributed by atoms with Gasteiger partial charge in [0.25, 0.3) is 12.1 Å². The summed E-state index contributed by atoms with van der Waals surface area (Å²) in [7, 11) is 0. The number of hydrogen-bond acceptors (Lipinski definition) is 4. The Bertz CT molecular complexity index is 883. The third-order valence-corrected chi connectivity index (χ3v) is 3.66. The van der Waals surface area contributed by atoms with E-state index in [4.69, 9.17) is 0 Å². The summed E-state index contributed by atoms with van der Waals surface area (Å²) in [5, 5.41) is 14.7. The summed E-state index contributed by atoms with van der Waals surface area (Å²) in [6, 6.07) is 12.3. The van der Waals surface area contributed by atoms with Crippen LogP contribution < -0.4 is 5.32 Å². The number of anilines is 1. The van der Waals surface area contributed by atoms with Crippen molar-refractivity contribution in [1.29, 1.82) is 0 Å². The van der Waals surface area contributed by atoms with Crippen LogP contribution in [-0.4, -0.2) is 9.91 Å². The molecule has 24 heavy (non-hydrogen) atoms. The van der Waals surface area contributed by atoms with Crippen molar-refractivity contribution in [1.82, 2.24) is 4.98 Å². The number of benzene rings is 2. The number of nitro groups is 1. The summed E-state index contributed by atoms with van der Waals surface area (Å²) in [6.07, 6.45) is -0.927. The number of pyridine rings is 1. The number of aromatic nitrogens is 1. The molecule has 2 aromatic carbocycles. The summed E-state index contributed by atoms with van der Waals surface area (Å²) in [4.78, 5) is 14.8. The summed E-state index contributed by atoms with van der Waals surface area (Å²) in [5.41, 5.74) is 1.93. The molecular weight excluding hydrogens is 316 g/mol. The van der Waals surface area contributed by atoms with E-state index in [0.29, 0.717) is 23.1 Å². The van der Waals surface area contributed by atoms with Gasteiger partial charge in [-0.2, -0.15) is 0 Å². The van der Waals surface area contributed by atoms with E-state index in [9.17, 15) is 18.9 Å². The number of nitrogens with one attached hydrogen (secondary N) is 1. The van der Waals surface area contributed by atoms with Gasteiger partial charge in [0, 0.05) is 24.4 Å². The number of fused-ring (bicyclic) bond motifs is 1. The van der Waals surface area contributed by atoms with Crippen molar-refractivity contribution >= 4 is 22.3 Å². The van der Waals surface area contributed by atoms with Crippen molar-refractivity contribution in [2.45, 2.75) is 13.0 Å². The molecule has 0 aliphatic heterocycles. The van der Waals surface area contributed by atoms with E-state index in [1.54, 1.807) is 36.5 Å². The van der Waals surface area contributed by atoms with Crippen molar-refractivity contribution in [3.05, 3.63) is 76.0 Å². The fraction of sp³-hybridized carbons (Fsp3) is 0.118. The second kappa shape index (κ2) is 6.57. The highest BCUT2D eigenvalue weighted by Crippen LogP contribution is 2.30. The molecule has 3 aromatic rings. The van der Waals surface area contributed by atoms with E-state index in [-0.39, 0.29) is 11.3 Å². The summed E-state index contributed by atoms with van der Waals surface area (Å²) >= 11 is 0. The number of rotatable bonds is 5. The van der Waals surface area contributed by atoms with E-state index in [0.717, 1.165) is 5.56 Å². The van der Waals surface area contributed by atoms with Gasteiger partial charge in [0.1, 0.15) is 5.52 Å². The number of nitrogens with zero attached hydrogens (tertiary/aromatic N) is 2. The smallest absolute Gasteiger partial charge is 0.278 e. The van der Waals surface area contributed by atoms with E-state index in [1.165, 1.54) is 18.2 Å². The molecule has 0 saturated carbocycles. The minimum atomic E-state index is -2.49. The van der Waals surface area contributed by atoms with Gasteiger partial charge in [-0.05, 0) is 23.8 Å². The van der Waals surface area contributed by atoms with E-state index in [1.807, 2.05) is 0 Å². The monoisotopic (exact) mass is 329 g/mol. The molecule has 3 rings (SSSR count).